The molecular weight excluding hydrogens is 246 g/mol. The Bertz CT molecular complexity index is 445. The van der Waals surface area contributed by atoms with Crippen molar-refractivity contribution in [3.05, 3.63) is 23.5 Å². The monoisotopic (exact) mass is 253 g/mol. The summed E-state index contributed by atoms with van der Waals surface area (Å²) in [5.41, 5.74) is 4.23. The van der Waals surface area contributed by atoms with Crippen molar-refractivity contribution < 1.29 is 31.8 Å². The smallest absolute Gasteiger partial charge is 0.465 e. The van der Waals surface area contributed by atoms with E-state index in [0.29, 0.717) is 6.07 Å². The van der Waals surface area contributed by atoms with Crippen LogP contribution in [-0.2, 0) is 4.74 Å². The summed E-state index contributed by atoms with van der Waals surface area (Å²) in [5, 5.41) is 0. The van der Waals surface area contributed by atoms with E-state index in [-0.39, 0.29) is 5.69 Å². The third-order valence-electron chi connectivity index (χ3n) is 1.69. The molecule has 4 nitrogen and oxygen atoms in total. The molecule has 0 saturated heterocycles. The van der Waals surface area contributed by atoms with Crippen LogP contribution >= 0.6 is 0 Å². The number of ether oxygens (including phenoxy) is 2. The van der Waals surface area contributed by atoms with Crippen LogP contribution in [0, 0.1) is 5.82 Å². The van der Waals surface area contributed by atoms with Crippen LogP contribution in [-0.4, -0.2) is 19.4 Å². The molecule has 94 valence electrons. The first-order valence-corrected chi connectivity index (χ1v) is 4.17. The molecule has 1 rings (SSSR count). The number of nitrogens with two attached hydrogens (primary N) is 1. The molecule has 8 heteroatoms. The Kier molecular flexibility index (Phi) is 3.45. The van der Waals surface area contributed by atoms with Crippen LogP contribution in [0.1, 0.15) is 10.4 Å². The fraction of sp³-hybridized carbons (Fsp3) is 0.222. The van der Waals surface area contributed by atoms with Crippen LogP contribution in [0.5, 0.6) is 5.75 Å². The maximum absolute atomic E-state index is 13.4. The number of benzene rings is 1. The van der Waals surface area contributed by atoms with Crippen molar-refractivity contribution in [2.24, 2.45) is 0 Å². The van der Waals surface area contributed by atoms with Gasteiger partial charge >= 0.3 is 12.3 Å². The van der Waals surface area contributed by atoms with Gasteiger partial charge in [0.25, 0.3) is 0 Å². The number of methoxy groups -OCH3 is 1. The van der Waals surface area contributed by atoms with Gasteiger partial charge in [-0.25, -0.2) is 9.18 Å². The van der Waals surface area contributed by atoms with Gasteiger partial charge in [-0.15, -0.1) is 13.2 Å². The Morgan fingerprint density at radius 1 is 1.35 bits per heavy atom. The molecule has 0 spiro atoms. The van der Waals surface area contributed by atoms with Gasteiger partial charge in [0, 0.05) is 11.8 Å². The van der Waals surface area contributed by atoms with Gasteiger partial charge in [-0.05, 0) is 6.07 Å². The zero-order valence-electron chi connectivity index (χ0n) is 8.47. The second-order valence-electron chi connectivity index (χ2n) is 2.92. The fourth-order valence-corrected chi connectivity index (χ4v) is 1.08. The number of alkyl halides is 3. The number of carbonyl (C=O) groups is 1. The van der Waals surface area contributed by atoms with Crippen LogP contribution < -0.4 is 10.5 Å². The lowest BCUT2D eigenvalue weighted by Gasteiger charge is -2.12. The Balaban J connectivity index is 3.24. The molecule has 0 bridgehead atoms. The van der Waals surface area contributed by atoms with Crippen molar-refractivity contribution in [1.29, 1.82) is 0 Å². The number of rotatable bonds is 2. The Labute approximate surface area is 92.9 Å². The summed E-state index contributed by atoms with van der Waals surface area (Å²) in [6.07, 6.45) is -5.08. The highest BCUT2D eigenvalue weighted by Gasteiger charge is 2.33. The van der Waals surface area contributed by atoms with E-state index >= 15 is 0 Å². The van der Waals surface area contributed by atoms with Crippen molar-refractivity contribution in [2.45, 2.75) is 6.36 Å². The molecule has 0 amide bonds. The van der Waals surface area contributed by atoms with E-state index in [1.807, 2.05) is 0 Å². The van der Waals surface area contributed by atoms with Crippen molar-refractivity contribution in [3.8, 4) is 5.75 Å². The minimum absolute atomic E-state index is 0.258. The third kappa shape index (κ3) is 3.23. The molecule has 2 N–H and O–H groups in total. The van der Waals surface area contributed by atoms with Crippen molar-refractivity contribution in [3.63, 3.8) is 0 Å². The van der Waals surface area contributed by atoms with Crippen LogP contribution in [0.3, 0.4) is 0 Å². The van der Waals surface area contributed by atoms with Crippen LogP contribution in [0.25, 0.3) is 0 Å². The summed E-state index contributed by atoms with van der Waals surface area (Å²) in [5.74, 6) is -3.82. The molecule has 0 aromatic heterocycles. The topological polar surface area (TPSA) is 61.5 Å². The number of halogens is 4. The van der Waals surface area contributed by atoms with Gasteiger partial charge in [0.2, 0.25) is 0 Å². The third-order valence-corrected chi connectivity index (χ3v) is 1.69. The minimum atomic E-state index is -5.08. The maximum Gasteiger partial charge on any atom is 0.573 e. The lowest BCUT2D eigenvalue weighted by Crippen LogP contribution is -2.19. The molecule has 0 aliphatic rings. The number of carbonyl (C=O) groups excluding carboxylic acids is 1. The summed E-state index contributed by atoms with van der Waals surface area (Å²) >= 11 is 0. The van der Waals surface area contributed by atoms with Gasteiger partial charge in [-0.2, -0.15) is 0 Å². The van der Waals surface area contributed by atoms with E-state index in [1.165, 1.54) is 0 Å². The Hall–Kier alpha value is -1.99. The Morgan fingerprint density at radius 2 is 1.94 bits per heavy atom. The second kappa shape index (κ2) is 4.48. The molecule has 0 heterocycles. The molecule has 0 saturated carbocycles. The van der Waals surface area contributed by atoms with E-state index in [0.717, 1.165) is 13.2 Å². The van der Waals surface area contributed by atoms with Gasteiger partial charge in [0.1, 0.15) is 5.56 Å². The quantitative estimate of drug-likeness (QED) is 0.498. The maximum atomic E-state index is 13.4. The first-order chi connectivity index (χ1) is 7.74. The first-order valence-electron chi connectivity index (χ1n) is 4.17. The minimum Gasteiger partial charge on any atom is -0.465 e. The molecule has 0 unspecified atom stereocenters. The SMILES string of the molecule is COC(=O)c1cc(N)cc(OC(F)(F)F)c1F. The van der Waals surface area contributed by atoms with E-state index < -0.39 is 29.5 Å². The van der Waals surface area contributed by atoms with Crippen LogP contribution in [0.15, 0.2) is 12.1 Å². The average Bonchev–Trinajstić information content (AvgIpc) is 2.19. The highest BCUT2D eigenvalue weighted by Crippen LogP contribution is 2.30. The van der Waals surface area contributed by atoms with E-state index in [1.54, 1.807) is 0 Å². The van der Waals surface area contributed by atoms with Crippen LogP contribution in [0.4, 0.5) is 23.2 Å². The van der Waals surface area contributed by atoms with E-state index in [4.69, 9.17) is 5.73 Å². The number of hydrogen-bond donors (Lipinski definition) is 1. The molecule has 0 fully saturated rings. The average molecular weight is 253 g/mol. The van der Waals surface area contributed by atoms with Crippen molar-refractivity contribution in [1.82, 2.24) is 0 Å². The summed E-state index contributed by atoms with van der Waals surface area (Å²) in [6, 6.07) is 1.47. The molecule has 17 heavy (non-hydrogen) atoms. The fourth-order valence-electron chi connectivity index (χ4n) is 1.08. The van der Waals surface area contributed by atoms with E-state index in [2.05, 4.69) is 9.47 Å². The lowest BCUT2D eigenvalue weighted by molar-refractivity contribution is -0.275. The highest BCUT2D eigenvalue weighted by molar-refractivity contribution is 5.91. The molecule has 1 aromatic carbocycles. The Morgan fingerprint density at radius 3 is 2.41 bits per heavy atom. The molecule has 0 radical (unpaired) electrons. The van der Waals surface area contributed by atoms with Crippen molar-refractivity contribution >= 4 is 11.7 Å². The number of anilines is 1. The zero-order valence-corrected chi connectivity index (χ0v) is 8.47. The first kappa shape index (κ1) is 13.1. The number of esters is 1. The van der Waals surface area contributed by atoms with Gasteiger partial charge in [-0.3, -0.25) is 0 Å². The largest absolute Gasteiger partial charge is 0.573 e. The number of hydrogen-bond acceptors (Lipinski definition) is 4. The lowest BCUT2D eigenvalue weighted by atomic mass is 10.1. The van der Waals surface area contributed by atoms with Gasteiger partial charge in [-0.1, -0.05) is 0 Å². The van der Waals surface area contributed by atoms with Crippen molar-refractivity contribution in [2.75, 3.05) is 12.8 Å². The van der Waals surface area contributed by atoms with Gasteiger partial charge in [0.15, 0.2) is 11.6 Å². The second-order valence-corrected chi connectivity index (χ2v) is 2.92. The molecule has 0 atom stereocenters. The normalized spacial score (nSPS) is 11.1. The molecule has 1 aromatic rings. The van der Waals surface area contributed by atoms with Gasteiger partial charge < -0.3 is 15.2 Å². The molecule has 0 aliphatic heterocycles. The standard InChI is InChI=1S/C9H7F4NO3/c1-16-8(15)5-2-4(14)3-6(7(5)10)17-9(11,12)13/h2-3H,14H2,1H3. The zero-order chi connectivity index (χ0) is 13.2. The number of nitrogen functional groups attached to an aromatic ring is 1. The predicted molar refractivity (Wildman–Crippen MR) is 48.8 cm³/mol. The summed E-state index contributed by atoms with van der Waals surface area (Å²) in [7, 11) is 0.954. The predicted octanol–water partition coefficient (Wildman–Crippen LogP) is 2.09. The van der Waals surface area contributed by atoms with Crippen LogP contribution in [0.2, 0.25) is 0 Å². The molecule has 0 aliphatic carbocycles. The van der Waals surface area contributed by atoms with E-state index in [9.17, 15) is 22.4 Å². The summed E-state index contributed by atoms with van der Waals surface area (Å²) < 4.78 is 56.8. The highest BCUT2D eigenvalue weighted by atomic mass is 19.4. The van der Waals surface area contributed by atoms with Gasteiger partial charge in [0.05, 0.1) is 7.11 Å². The summed E-state index contributed by atoms with van der Waals surface area (Å²) in [6.45, 7) is 0. The molecular formula is C9H7F4NO3. The summed E-state index contributed by atoms with van der Waals surface area (Å²) in [4.78, 5) is 11.0.